The lowest BCUT2D eigenvalue weighted by molar-refractivity contribution is 0.442. The van der Waals surface area contributed by atoms with E-state index in [1.54, 1.807) is 0 Å². The first kappa shape index (κ1) is 10.8. The average molecular weight is 222 g/mol. The molecule has 3 heteroatoms. The molecule has 15 heavy (non-hydrogen) atoms. The van der Waals surface area contributed by atoms with Crippen LogP contribution < -0.4 is 0 Å². The van der Waals surface area contributed by atoms with Crippen molar-refractivity contribution >= 4 is 12.2 Å². The molecule has 0 spiro atoms. The Morgan fingerprint density at radius 3 is 2.47 bits per heavy atom. The molecule has 1 heterocycles. The van der Waals surface area contributed by atoms with Crippen molar-refractivity contribution in [2.45, 2.75) is 50.9 Å². The van der Waals surface area contributed by atoms with Gasteiger partial charge in [0.2, 0.25) is 0 Å². The van der Waals surface area contributed by atoms with Gasteiger partial charge < -0.3 is 4.98 Å². The van der Waals surface area contributed by atoms with Crippen molar-refractivity contribution < 1.29 is 0 Å². The molecule has 2 rings (SSSR count). The van der Waals surface area contributed by atoms with Crippen molar-refractivity contribution in [1.29, 1.82) is 0 Å². The molecule has 1 aromatic heterocycles. The summed E-state index contributed by atoms with van der Waals surface area (Å²) in [5, 5.41) is 0. The van der Waals surface area contributed by atoms with Crippen molar-refractivity contribution in [2.75, 3.05) is 0 Å². The number of rotatable bonds is 1. The van der Waals surface area contributed by atoms with Gasteiger partial charge in [0.25, 0.3) is 0 Å². The fourth-order valence-corrected chi connectivity index (χ4v) is 2.49. The first-order chi connectivity index (χ1) is 7.36. The zero-order chi connectivity index (χ0) is 10.5. The second-order valence-electron chi connectivity index (χ2n) is 4.36. The van der Waals surface area contributed by atoms with E-state index in [0.29, 0.717) is 5.92 Å². The van der Waals surface area contributed by atoms with Gasteiger partial charge in [0.05, 0.1) is 0 Å². The Morgan fingerprint density at radius 1 is 1.13 bits per heavy atom. The maximum atomic E-state index is 5.13. The van der Waals surface area contributed by atoms with Crippen LogP contribution in [-0.2, 0) is 0 Å². The quantitative estimate of drug-likeness (QED) is 0.728. The summed E-state index contributed by atoms with van der Waals surface area (Å²) in [6.45, 7) is 0. The van der Waals surface area contributed by atoms with Gasteiger partial charge in [0, 0.05) is 12.1 Å². The van der Waals surface area contributed by atoms with E-state index in [1.165, 1.54) is 44.9 Å². The molecule has 0 unspecified atom stereocenters. The summed E-state index contributed by atoms with van der Waals surface area (Å²) in [5.74, 6) is 1.71. The summed E-state index contributed by atoms with van der Waals surface area (Å²) >= 11 is 5.13. The average Bonchev–Trinajstić information content (AvgIpc) is 2.16. The third-order valence-electron chi connectivity index (χ3n) is 3.18. The Balaban J connectivity index is 2.10. The molecule has 1 aliphatic carbocycles. The van der Waals surface area contributed by atoms with Crippen molar-refractivity contribution in [2.24, 2.45) is 0 Å². The first-order valence-corrected chi connectivity index (χ1v) is 6.32. The number of hydrogen-bond acceptors (Lipinski definition) is 2. The summed E-state index contributed by atoms with van der Waals surface area (Å²) in [4.78, 5) is 7.64. The Labute approximate surface area is 96.1 Å². The summed E-state index contributed by atoms with van der Waals surface area (Å²) in [5.41, 5.74) is 0. The monoisotopic (exact) mass is 222 g/mol. The number of H-pyrrole nitrogens is 1. The molecule has 1 fully saturated rings. The van der Waals surface area contributed by atoms with Gasteiger partial charge in [0.1, 0.15) is 10.5 Å². The molecule has 1 aliphatic rings. The summed E-state index contributed by atoms with van der Waals surface area (Å²) in [7, 11) is 0. The van der Waals surface area contributed by atoms with Crippen LogP contribution >= 0.6 is 12.2 Å². The molecule has 0 aliphatic heterocycles. The Hall–Kier alpha value is -0.700. The largest absolute Gasteiger partial charge is 0.335 e. The van der Waals surface area contributed by atoms with Gasteiger partial charge in [-0.05, 0) is 18.9 Å². The highest BCUT2D eigenvalue weighted by atomic mass is 32.1. The molecule has 0 bridgehead atoms. The van der Waals surface area contributed by atoms with E-state index in [4.69, 9.17) is 12.2 Å². The maximum Gasteiger partial charge on any atom is 0.110 e. The van der Waals surface area contributed by atoms with E-state index < -0.39 is 0 Å². The van der Waals surface area contributed by atoms with Crippen LogP contribution in [0.4, 0.5) is 0 Å². The number of aromatic amines is 1. The second kappa shape index (κ2) is 5.40. The van der Waals surface area contributed by atoms with Crippen molar-refractivity contribution in [3.8, 4) is 0 Å². The van der Waals surface area contributed by atoms with E-state index >= 15 is 0 Å². The second-order valence-corrected chi connectivity index (χ2v) is 4.80. The highest BCUT2D eigenvalue weighted by Crippen LogP contribution is 2.28. The van der Waals surface area contributed by atoms with Gasteiger partial charge in [-0.1, -0.05) is 44.3 Å². The van der Waals surface area contributed by atoms with Crippen LogP contribution in [-0.4, -0.2) is 9.97 Å². The summed E-state index contributed by atoms with van der Waals surface area (Å²) < 4.78 is 0.807. The van der Waals surface area contributed by atoms with Crippen LogP contribution in [0.25, 0.3) is 0 Å². The minimum absolute atomic E-state index is 0.605. The van der Waals surface area contributed by atoms with E-state index in [-0.39, 0.29) is 0 Å². The molecular formula is C12H18N2S. The highest BCUT2D eigenvalue weighted by molar-refractivity contribution is 7.71. The molecule has 0 saturated heterocycles. The molecule has 82 valence electrons. The summed E-state index contributed by atoms with van der Waals surface area (Å²) in [6, 6.07) is 1.85. The molecule has 0 amide bonds. The third kappa shape index (κ3) is 3.13. The van der Waals surface area contributed by atoms with Crippen molar-refractivity contribution in [3.05, 3.63) is 22.7 Å². The predicted octanol–water partition coefficient (Wildman–Crippen LogP) is 3.97. The van der Waals surface area contributed by atoms with Crippen molar-refractivity contribution in [3.63, 3.8) is 0 Å². The zero-order valence-electron chi connectivity index (χ0n) is 9.04. The highest BCUT2D eigenvalue weighted by Gasteiger charge is 2.14. The molecule has 1 saturated carbocycles. The molecule has 0 atom stereocenters. The van der Waals surface area contributed by atoms with Gasteiger partial charge >= 0.3 is 0 Å². The van der Waals surface area contributed by atoms with Crippen LogP contribution in [0.3, 0.4) is 0 Å². The summed E-state index contributed by atoms with van der Waals surface area (Å²) in [6.07, 6.45) is 11.2. The van der Waals surface area contributed by atoms with E-state index in [2.05, 4.69) is 9.97 Å². The van der Waals surface area contributed by atoms with E-state index in [0.717, 1.165) is 10.5 Å². The smallest absolute Gasteiger partial charge is 0.110 e. The molecule has 1 N–H and O–H groups in total. The normalized spacial score (nSPS) is 19.5. The van der Waals surface area contributed by atoms with E-state index in [9.17, 15) is 0 Å². The van der Waals surface area contributed by atoms with Gasteiger partial charge in [-0.15, -0.1) is 0 Å². The number of aromatic nitrogens is 2. The van der Waals surface area contributed by atoms with Crippen LogP contribution in [0.15, 0.2) is 12.3 Å². The lowest BCUT2D eigenvalue weighted by Gasteiger charge is -2.18. The zero-order valence-corrected chi connectivity index (χ0v) is 9.85. The maximum absolute atomic E-state index is 5.13. The standard InChI is InChI=1S/C12H18N2S/c15-11-8-9-13-12(14-11)10-6-4-2-1-3-5-7-10/h8-10H,1-7H2,(H,13,14,15). The number of nitrogens with one attached hydrogen (secondary N) is 1. The fraction of sp³-hybridized carbons (Fsp3) is 0.667. The minimum atomic E-state index is 0.605. The Bertz CT molecular complexity index is 351. The minimum Gasteiger partial charge on any atom is -0.335 e. The number of nitrogens with zero attached hydrogens (tertiary/aromatic N) is 1. The first-order valence-electron chi connectivity index (χ1n) is 5.91. The molecular weight excluding hydrogens is 204 g/mol. The molecule has 1 aromatic rings. The molecule has 2 nitrogen and oxygen atoms in total. The lowest BCUT2D eigenvalue weighted by atomic mass is 9.90. The lowest BCUT2D eigenvalue weighted by Crippen LogP contribution is -2.06. The van der Waals surface area contributed by atoms with Gasteiger partial charge in [0.15, 0.2) is 0 Å². The Kier molecular flexibility index (Phi) is 3.89. The fourth-order valence-electron chi connectivity index (χ4n) is 2.32. The Morgan fingerprint density at radius 2 is 1.80 bits per heavy atom. The SMILES string of the molecule is S=c1ccnc(C2CCCCCCC2)[nH]1. The third-order valence-corrected chi connectivity index (χ3v) is 3.42. The molecule has 0 radical (unpaired) electrons. The molecule has 0 aromatic carbocycles. The van der Waals surface area contributed by atoms with Crippen LogP contribution in [0.2, 0.25) is 0 Å². The predicted molar refractivity (Wildman–Crippen MR) is 64.5 cm³/mol. The topological polar surface area (TPSA) is 28.7 Å². The van der Waals surface area contributed by atoms with Gasteiger partial charge in [-0.3, -0.25) is 0 Å². The van der Waals surface area contributed by atoms with Gasteiger partial charge in [-0.25, -0.2) is 4.98 Å². The van der Waals surface area contributed by atoms with Gasteiger partial charge in [-0.2, -0.15) is 0 Å². The van der Waals surface area contributed by atoms with Crippen LogP contribution in [0.5, 0.6) is 0 Å². The van der Waals surface area contributed by atoms with Crippen molar-refractivity contribution in [1.82, 2.24) is 9.97 Å². The van der Waals surface area contributed by atoms with Crippen LogP contribution in [0, 0.1) is 4.64 Å². The van der Waals surface area contributed by atoms with Crippen LogP contribution in [0.1, 0.15) is 56.7 Å². The number of hydrogen-bond donors (Lipinski definition) is 1. The van der Waals surface area contributed by atoms with E-state index in [1.807, 2.05) is 12.3 Å².